The van der Waals surface area contributed by atoms with Gasteiger partial charge in [0.1, 0.15) is 5.75 Å². The zero-order valence-electron chi connectivity index (χ0n) is 15.7. The number of rotatable bonds is 3. The van der Waals surface area contributed by atoms with Crippen LogP contribution in [0.4, 0.5) is 0 Å². The van der Waals surface area contributed by atoms with Crippen LogP contribution in [0.15, 0.2) is 97.1 Å². The van der Waals surface area contributed by atoms with Crippen molar-refractivity contribution >= 4 is 27.8 Å². The van der Waals surface area contributed by atoms with Gasteiger partial charge >= 0.3 is 0 Å². The van der Waals surface area contributed by atoms with E-state index in [2.05, 4.69) is 36.4 Å². The maximum atomic E-state index is 11.7. The highest BCUT2D eigenvalue weighted by Gasteiger charge is 2.20. The normalized spacial score (nSPS) is 11.0. The van der Waals surface area contributed by atoms with E-state index in [0.29, 0.717) is 11.1 Å². The van der Waals surface area contributed by atoms with Crippen molar-refractivity contribution in [2.24, 2.45) is 0 Å². The molecule has 2 heteroatoms. The Balaban J connectivity index is 2.01. The monoisotopic (exact) mass is 374 g/mol. The van der Waals surface area contributed by atoms with E-state index in [1.54, 1.807) is 6.07 Å². The molecule has 5 aromatic carbocycles. The van der Waals surface area contributed by atoms with Gasteiger partial charge < -0.3 is 5.11 Å². The highest BCUT2D eigenvalue weighted by atomic mass is 16.3. The molecule has 5 aromatic rings. The Hall–Kier alpha value is -3.91. The van der Waals surface area contributed by atoms with Crippen LogP contribution in [0.1, 0.15) is 10.4 Å². The van der Waals surface area contributed by atoms with Crippen molar-refractivity contribution in [1.29, 1.82) is 0 Å². The largest absolute Gasteiger partial charge is 0.507 e. The Morgan fingerprint density at radius 3 is 1.97 bits per heavy atom. The molecule has 29 heavy (non-hydrogen) atoms. The van der Waals surface area contributed by atoms with Crippen molar-refractivity contribution in [3.05, 3.63) is 103 Å². The third kappa shape index (κ3) is 2.77. The van der Waals surface area contributed by atoms with Crippen LogP contribution < -0.4 is 0 Å². The summed E-state index contributed by atoms with van der Waals surface area (Å²) in [4.78, 5) is 11.7. The van der Waals surface area contributed by atoms with Gasteiger partial charge in [0.2, 0.25) is 0 Å². The van der Waals surface area contributed by atoms with Crippen LogP contribution in [0.5, 0.6) is 5.75 Å². The number of aromatic hydroxyl groups is 1. The predicted molar refractivity (Wildman–Crippen MR) is 119 cm³/mol. The van der Waals surface area contributed by atoms with Gasteiger partial charge in [-0.25, -0.2) is 0 Å². The molecule has 138 valence electrons. The van der Waals surface area contributed by atoms with Crippen LogP contribution in [0.2, 0.25) is 0 Å². The molecule has 0 aliphatic heterocycles. The summed E-state index contributed by atoms with van der Waals surface area (Å²) in [5.74, 6) is 0.0206. The lowest BCUT2D eigenvalue weighted by Gasteiger charge is -2.18. The number of aldehydes is 1. The Morgan fingerprint density at radius 1 is 0.621 bits per heavy atom. The Kier molecular flexibility index (Phi) is 4.10. The maximum Gasteiger partial charge on any atom is 0.153 e. The minimum absolute atomic E-state index is 0.0206. The van der Waals surface area contributed by atoms with E-state index in [1.165, 1.54) is 0 Å². The van der Waals surface area contributed by atoms with Gasteiger partial charge in [-0.15, -0.1) is 0 Å². The van der Waals surface area contributed by atoms with Crippen molar-refractivity contribution in [3.8, 4) is 28.0 Å². The van der Waals surface area contributed by atoms with Crippen molar-refractivity contribution < 1.29 is 9.90 Å². The molecule has 0 bridgehead atoms. The number of benzene rings is 5. The lowest BCUT2D eigenvalue weighted by Crippen LogP contribution is -1.93. The Labute approximate surface area is 168 Å². The van der Waals surface area contributed by atoms with Gasteiger partial charge in [-0.1, -0.05) is 91.0 Å². The molecule has 0 amide bonds. The lowest BCUT2D eigenvalue weighted by molar-refractivity contribution is 0.112. The molecule has 0 saturated heterocycles. The summed E-state index contributed by atoms with van der Waals surface area (Å²) < 4.78 is 0. The fourth-order valence-electron chi connectivity index (χ4n) is 4.10. The first kappa shape index (κ1) is 17.2. The summed E-state index contributed by atoms with van der Waals surface area (Å²) in [7, 11) is 0. The molecule has 0 unspecified atom stereocenters. The molecule has 0 saturated carbocycles. The molecule has 0 radical (unpaired) electrons. The van der Waals surface area contributed by atoms with E-state index >= 15 is 0 Å². The van der Waals surface area contributed by atoms with Crippen LogP contribution in [0.3, 0.4) is 0 Å². The average molecular weight is 374 g/mol. The fourth-order valence-corrected chi connectivity index (χ4v) is 4.10. The number of phenolic OH excluding ortho intramolecular Hbond substituents is 1. The molecule has 0 aromatic heterocycles. The van der Waals surface area contributed by atoms with Crippen LogP contribution in [0, 0.1) is 0 Å². The van der Waals surface area contributed by atoms with Crippen molar-refractivity contribution in [2.45, 2.75) is 0 Å². The molecule has 0 atom stereocenters. The first-order chi connectivity index (χ1) is 14.3. The summed E-state index contributed by atoms with van der Waals surface area (Å²) in [6.45, 7) is 0. The number of carbonyl (C=O) groups excluding carboxylic acids is 1. The average Bonchev–Trinajstić information content (AvgIpc) is 2.79. The second-order valence-corrected chi connectivity index (χ2v) is 7.10. The van der Waals surface area contributed by atoms with Gasteiger partial charge in [-0.2, -0.15) is 0 Å². The highest BCUT2D eigenvalue weighted by molar-refractivity contribution is 6.14. The smallest absolute Gasteiger partial charge is 0.153 e. The van der Waals surface area contributed by atoms with Gasteiger partial charge in [0.05, 0.1) is 5.56 Å². The molecule has 0 spiro atoms. The van der Waals surface area contributed by atoms with E-state index in [1.807, 2.05) is 54.6 Å². The minimum atomic E-state index is 0.0206. The lowest BCUT2D eigenvalue weighted by atomic mass is 9.86. The van der Waals surface area contributed by atoms with Crippen LogP contribution >= 0.6 is 0 Å². The molecular formula is C27H18O2. The van der Waals surface area contributed by atoms with E-state index in [-0.39, 0.29) is 5.75 Å². The highest BCUT2D eigenvalue weighted by Crippen LogP contribution is 2.46. The quantitative estimate of drug-likeness (QED) is 0.351. The number of hydrogen-bond acceptors (Lipinski definition) is 2. The third-order valence-corrected chi connectivity index (χ3v) is 5.44. The molecular weight excluding hydrogens is 356 g/mol. The second kappa shape index (κ2) is 6.92. The number of hydrogen-bond donors (Lipinski definition) is 1. The summed E-state index contributed by atoms with van der Waals surface area (Å²) in [5.41, 5.74) is 4.01. The Morgan fingerprint density at radius 2 is 1.24 bits per heavy atom. The molecule has 5 rings (SSSR count). The molecule has 0 aliphatic carbocycles. The summed E-state index contributed by atoms with van der Waals surface area (Å²) in [5, 5.41) is 15.1. The summed E-state index contributed by atoms with van der Waals surface area (Å²) in [6, 6.07) is 32.1. The molecule has 1 N–H and O–H groups in total. The summed E-state index contributed by atoms with van der Waals surface area (Å²) in [6.07, 6.45) is 0.721. The molecule has 0 fully saturated rings. The van der Waals surface area contributed by atoms with E-state index in [4.69, 9.17) is 0 Å². The zero-order valence-corrected chi connectivity index (χ0v) is 15.7. The summed E-state index contributed by atoms with van der Waals surface area (Å²) >= 11 is 0. The number of carbonyl (C=O) groups is 1. The van der Waals surface area contributed by atoms with Crippen LogP contribution in [0.25, 0.3) is 43.8 Å². The molecule has 0 aliphatic rings. The van der Waals surface area contributed by atoms with E-state index in [0.717, 1.165) is 44.5 Å². The fraction of sp³-hybridized carbons (Fsp3) is 0. The van der Waals surface area contributed by atoms with Crippen molar-refractivity contribution in [1.82, 2.24) is 0 Å². The Bertz CT molecular complexity index is 1370. The standard InChI is InChI=1S/C27H18O2/c28-17-21-16-20-11-5-7-13-23(20)26(27(21)29)25-22-12-6-4-10-19(22)14-15-24(25)18-8-2-1-3-9-18/h1-17,29H. The van der Waals surface area contributed by atoms with Crippen molar-refractivity contribution in [2.75, 3.05) is 0 Å². The van der Waals surface area contributed by atoms with E-state index < -0.39 is 0 Å². The number of phenols is 1. The van der Waals surface area contributed by atoms with Gasteiger partial charge in [0.25, 0.3) is 0 Å². The first-order valence-corrected chi connectivity index (χ1v) is 9.55. The second-order valence-electron chi connectivity index (χ2n) is 7.10. The minimum Gasteiger partial charge on any atom is -0.507 e. The van der Waals surface area contributed by atoms with Gasteiger partial charge in [0, 0.05) is 11.1 Å². The van der Waals surface area contributed by atoms with Crippen molar-refractivity contribution in [3.63, 3.8) is 0 Å². The van der Waals surface area contributed by atoms with Gasteiger partial charge in [-0.3, -0.25) is 4.79 Å². The first-order valence-electron chi connectivity index (χ1n) is 9.55. The SMILES string of the molecule is O=Cc1cc2ccccc2c(-c2c(-c3ccccc3)ccc3ccccc23)c1O. The zero-order chi connectivity index (χ0) is 19.8. The van der Waals surface area contributed by atoms with Crippen LogP contribution in [-0.4, -0.2) is 11.4 Å². The van der Waals surface area contributed by atoms with E-state index in [9.17, 15) is 9.90 Å². The molecule has 0 heterocycles. The van der Waals surface area contributed by atoms with Gasteiger partial charge in [-0.05, 0) is 38.7 Å². The van der Waals surface area contributed by atoms with Gasteiger partial charge in [0.15, 0.2) is 6.29 Å². The number of fused-ring (bicyclic) bond motifs is 2. The maximum absolute atomic E-state index is 11.7. The predicted octanol–water partition coefficient (Wildman–Crippen LogP) is 6.85. The third-order valence-electron chi connectivity index (χ3n) is 5.44. The topological polar surface area (TPSA) is 37.3 Å². The molecule has 2 nitrogen and oxygen atoms in total. The van der Waals surface area contributed by atoms with Crippen LogP contribution in [-0.2, 0) is 0 Å².